The van der Waals surface area contributed by atoms with E-state index < -0.39 is 0 Å². The summed E-state index contributed by atoms with van der Waals surface area (Å²) in [6.45, 7) is 4.31. The third-order valence-corrected chi connectivity index (χ3v) is 5.71. The Hall–Kier alpha value is -2.01. The average Bonchev–Trinajstić information content (AvgIpc) is 3.15. The smallest absolute Gasteiger partial charge is 0.289 e. The van der Waals surface area contributed by atoms with Crippen LogP contribution in [0.3, 0.4) is 0 Å². The third kappa shape index (κ3) is 2.91. The summed E-state index contributed by atoms with van der Waals surface area (Å²) in [7, 11) is 1.63. The van der Waals surface area contributed by atoms with Crippen LogP contribution in [-0.4, -0.2) is 43.2 Å². The normalized spacial score (nSPS) is 24.0. The molecule has 25 heavy (non-hydrogen) atoms. The van der Waals surface area contributed by atoms with Gasteiger partial charge >= 0.3 is 0 Å². The van der Waals surface area contributed by atoms with Crippen LogP contribution < -0.4 is 4.74 Å². The van der Waals surface area contributed by atoms with E-state index in [0.29, 0.717) is 11.3 Å². The van der Waals surface area contributed by atoms with Gasteiger partial charge in [0.2, 0.25) is 0 Å². The van der Waals surface area contributed by atoms with Gasteiger partial charge in [0.25, 0.3) is 5.91 Å². The molecule has 2 aliphatic heterocycles. The standard InChI is InChI=1S/C20H25NO4/c1-14-16-6-5-15(23-2)13-17(16)25-18(14)19(22)21-10-3-7-20(9-11-21)8-4-12-24-20/h5-6,13H,3-4,7-12H2,1-2H3. The lowest BCUT2D eigenvalue weighted by Gasteiger charge is -2.26. The number of likely N-dealkylation sites (tertiary alicyclic amines) is 1. The second-order valence-electron chi connectivity index (χ2n) is 7.20. The number of fused-ring (bicyclic) bond motifs is 1. The lowest BCUT2D eigenvalue weighted by atomic mass is 9.92. The van der Waals surface area contributed by atoms with E-state index in [1.165, 1.54) is 0 Å². The molecule has 0 aliphatic carbocycles. The molecule has 3 heterocycles. The summed E-state index contributed by atoms with van der Waals surface area (Å²) >= 11 is 0. The zero-order valence-electron chi connectivity index (χ0n) is 15.0. The summed E-state index contributed by atoms with van der Waals surface area (Å²) in [5.41, 5.74) is 1.61. The van der Waals surface area contributed by atoms with Crippen LogP contribution in [0, 0.1) is 6.92 Å². The van der Waals surface area contributed by atoms with Crippen LogP contribution in [-0.2, 0) is 4.74 Å². The number of hydrogen-bond acceptors (Lipinski definition) is 4. The number of furan rings is 1. The summed E-state index contributed by atoms with van der Waals surface area (Å²) in [5, 5.41) is 0.967. The van der Waals surface area contributed by atoms with Gasteiger partial charge in [0.1, 0.15) is 11.3 Å². The quantitative estimate of drug-likeness (QED) is 0.829. The van der Waals surface area contributed by atoms with E-state index in [0.717, 1.165) is 68.5 Å². The maximum Gasteiger partial charge on any atom is 0.289 e. The zero-order valence-corrected chi connectivity index (χ0v) is 15.0. The van der Waals surface area contributed by atoms with Gasteiger partial charge in [-0.3, -0.25) is 4.79 Å². The molecule has 1 spiro atoms. The SMILES string of the molecule is COc1ccc2c(C)c(C(=O)N3CCCC4(CCCO4)CC3)oc2c1. The number of methoxy groups -OCH3 is 1. The minimum Gasteiger partial charge on any atom is -0.497 e. The van der Waals surface area contributed by atoms with E-state index in [1.807, 2.05) is 30.0 Å². The van der Waals surface area contributed by atoms with Crippen molar-refractivity contribution in [3.8, 4) is 5.75 Å². The number of hydrogen-bond donors (Lipinski definition) is 0. The topological polar surface area (TPSA) is 51.9 Å². The number of nitrogens with zero attached hydrogens (tertiary/aromatic N) is 1. The van der Waals surface area contributed by atoms with Gasteiger partial charge in [0.05, 0.1) is 12.7 Å². The van der Waals surface area contributed by atoms with Crippen molar-refractivity contribution in [2.75, 3.05) is 26.8 Å². The van der Waals surface area contributed by atoms with Gasteiger partial charge in [-0.05, 0) is 51.2 Å². The van der Waals surface area contributed by atoms with E-state index in [-0.39, 0.29) is 11.5 Å². The maximum atomic E-state index is 13.1. The van der Waals surface area contributed by atoms with E-state index in [9.17, 15) is 4.79 Å². The molecule has 0 radical (unpaired) electrons. The fourth-order valence-corrected chi connectivity index (χ4v) is 4.20. The Morgan fingerprint density at radius 2 is 2.04 bits per heavy atom. The molecule has 0 bridgehead atoms. The molecule has 0 saturated carbocycles. The molecule has 0 N–H and O–H groups in total. The highest BCUT2D eigenvalue weighted by Gasteiger charge is 2.38. The van der Waals surface area contributed by atoms with Crippen molar-refractivity contribution in [1.82, 2.24) is 4.90 Å². The van der Waals surface area contributed by atoms with Crippen LogP contribution in [0.1, 0.15) is 48.2 Å². The van der Waals surface area contributed by atoms with Crippen LogP contribution in [0.25, 0.3) is 11.0 Å². The summed E-state index contributed by atoms with van der Waals surface area (Å²) in [6, 6.07) is 5.68. The molecule has 2 aliphatic rings. The molecule has 1 aromatic heterocycles. The second kappa shape index (κ2) is 6.37. The maximum absolute atomic E-state index is 13.1. The van der Waals surface area contributed by atoms with E-state index in [2.05, 4.69) is 0 Å². The van der Waals surface area contributed by atoms with E-state index >= 15 is 0 Å². The van der Waals surface area contributed by atoms with Gasteiger partial charge in [-0.2, -0.15) is 0 Å². The molecule has 1 amide bonds. The highest BCUT2D eigenvalue weighted by molar-refractivity contribution is 5.99. The molecular formula is C20H25NO4. The molecule has 1 atom stereocenters. The largest absolute Gasteiger partial charge is 0.497 e. The molecule has 2 saturated heterocycles. The van der Waals surface area contributed by atoms with Crippen LogP contribution in [0.4, 0.5) is 0 Å². The predicted octanol–water partition coefficient (Wildman–Crippen LogP) is 3.93. The summed E-state index contributed by atoms with van der Waals surface area (Å²) in [6.07, 6.45) is 5.22. The minimum atomic E-state index is -0.0114. The number of carbonyl (C=O) groups excluding carboxylic acids is 1. The Balaban J connectivity index is 1.58. The van der Waals surface area contributed by atoms with Gasteiger partial charge in [-0.1, -0.05) is 0 Å². The molecule has 134 valence electrons. The molecule has 2 aromatic rings. The molecule has 2 fully saturated rings. The van der Waals surface area contributed by atoms with E-state index in [4.69, 9.17) is 13.9 Å². The van der Waals surface area contributed by atoms with Crippen LogP contribution in [0.15, 0.2) is 22.6 Å². The zero-order chi connectivity index (χ0) is 17.4. The Kier molecular flexibility index (Phi) is 4.20. The number of benzene rings is 1. The Morgan fingerprint density at radius 1 is 1.20 bits per heavy atom. The first kappa shape index (κ1) is 16.5. The van der Waals surface area contributed by atoms with Gasteiger partial charge < -0.3 is 18.8 Å². The summed E-state index contributed by atoms with van der Waals surface area (Å²) < 4.78 is 17.2. The van der Waals surface area contributed by atoms with Crippen molar-refractivity contribution in [3.63, 3.8) is 0 Å². The second-order valence-corrected chi connectivity index (χ2v) is 7.20. The summed E-state index contributed by atoms with van der Waals surface area (Å²) in [5.74, 6) is 1.17. The third-order valence-electron chi connectivity index (χ3n) is 5.71. The van der Waals surface area contributed by atoms with Gasteiger partial charge in [-0.15, -0.1) is 0 Å². The molecule has 5 heteroatoms. The van der Waals surface area contributed by atoms with Crippen LogP contribution in [0.5, 0.6) is 5.75 Å². The Labute approximate surface area is 147 Å². The highest BCUT2D eigenvalue weighted by atomic mass is 16.5. The minimum absolute atomic E-state index is 0.00528. The Bertz CT molecular complexity index is 788. The average molecular weight is 343 g/mol. The molecule has 4 rings (SSSR count). The molecule has 5 nitrogen and oxygen atoms in total. The van der Waals surface area contributed by atoms with Crippen molar-refractivity contribution in [2.45, 2.75) is 44.6 Å². The van der Waals surface area contributed by atoms with Crippen molar-refractivity contribution < 1.29 is 18.7 Å². The fraction of sp³-hybridized carbons (Fsp3) is 0.550. The molecular weight excluding hydrogens is 318 g/mol. The van der Waals surface area contributed by atoms with Crippen molar-refractivity contribution in [3.05, 3.63) is 29.5 Å². The number of amides is 1. The lowest BCUT2D eigenvalue weighted by molar-refractivity contribution is -0.00697. The van der Waals surface area contributed by atoms with Gasteiger partial charge in [-0.25, -0.2) is 0 Å². The highest BCUT2D eigenvalue weighted by Crippen LogP contribution is 2.36. The van der Waals surface area contributed by atoms with Gasteiger partial charge in [0.15, 0.2) is 5.76 Å². The molecule has 1 unspecified atom stereocenters. The number of carbonyl (C=O) groups is 1. The van der Waals surface area contributed by atoms with Crippen molar-refractivity contribution in [1.29, 1.82) is 0 Å². The van der Waals surface area contributed by atoms with Crippen molar-refractivity contribution >= 4 is 16.9 Å². The lowest BCUT2D eigenvalue weighted by Crippen LogP contribution is -2.34. The fourth-order valence-electron chi connectivity index (χ4n) is 4.20. The number of ether oxygens (including phenoxy) is 2. The predicted molar refractivity (Wildman–Crippen MR) is 95.2 cm³/mol. The first-order valence-electron chi connectivity index (χ1n) is 9.12. The summed E-state index contributed by atoms with van der Waals surface area (Å²) in [4.78, 5) is 15.0. The van der Waals surface area contributed by atoms with E-state index in [1.54, 1.807) is 7.11 Å². The van der Waals surface area contributed by atoms with Crippen LogP contribution >= 0.6 is 0 Å². The molecule has 1 aromatic carbocycles. The first-order valence-corrected chi connectivity index (χ1v) is 9.12. The number of aryl methyl sites for hydroxylation is 1. The number of rotatable bonds is 2. The monoisotopic (exact) mass is 343 g/mol. The first-order chi connectivity index (χ1) is 12.1. The van der Waals surface area contributed by atoms with Crippen LogP contribution in [0.2, 0.25) is 0 Å². The van der Waals surface area contributed by atoms with Crippen molar-refractivity contribution in [2.24, 2.45) is 0 Å². The van der Waals surface area contributed by atoms with Gasteiger partial charge in [0, 0.05) is 36.7 Å². The Morgan fingerprint density at radius 3 is 2.80 bits per heavy atom.